The Hall–Kier alpha value is -0.800. The van der Waals surface area contributed by atoms with Gasteiger partial charge in [-0.05, 0) is 38.5 Å². The molecule has 0 aliphatic rings. The van der Waals surface area contributed by atoms with Crippen molar-refractivity contribution in [3.63, 3.8) is 0 Å². The van der Waals surface area contributed by atoms with E-state index in [2.05, 4.69) is 26.0 Å². The highest BCUT2D eigenvalue weighted by atomic mass is 31.2. The van der Waals surface area contributed by atoms with Crippen molar-refractivity contribution in [2.75, 3.05) is 33.0 Å². The summed E-state index contributed by atoms with van der Waals surface area (Å²) in [6.45, 7) is 3.57. The van der Waals surface area contributed by atoms with Crippen molar-refractivity contribution in [3.8, 4) is 0 Å². The maximum atomic E-state index is 12.6. The molecular formula is C48H95O9P. The first kappa shape index (κ1) is 57.2. The van der Waals surface area contributed by atoms with Gasteiger partial charge in [-0.1, -0.05) is 212 Å². The molecule has 3 N–H and O–H groups in total. The van der Waals surface area contributed by atoms with E-state index in [9.17, 15) is 19.4 Å². The summed E-state index contributed by atoms with van der Waals surface area (Å²) in [6.07, 6.45) is 47.5. The number of hydrogen-bond donors (Lipinski definition) is 3. The summed E-state index contributed by atoms with van der Waals surface area (Å²) in [5.41, 5.74) is 0. The van der Waals surface area contributed by atoms with Gasteiger partial charge in [0.15, 0.2) is 0 Å². The summed E-state index contributed by atoms with van der Waals surface area (Å²) in [6, 6.07) is 0. The Morgan fingerprint density at radius 2 is 0.879 bits per heavy atom. The average Bonchev–Trinajstić information content (AvgIpc) is 3.21. The third-order valence-electron chi connectivity index (χ3n) is 11.0. The lowest BCUT2D eigenvalue weighted by molar-refractivity contribution is -0.154. The Kier molecular flexibility index (Phi) is 45.1. The summed E-state index contributed by atoms with van der Waals surface area (Å²) < 4.78 is 33.5. The van der Waals surface area contributed by atoms with E-state index in [-0.39, 0.29) is 25.6 Å². The highest BCUT2D eigenvalue weighted by molar-refractivity contribution is 7.47. The smallest absolute Gasteiger partial charge is 0.457 e. The molecule has 3 unspecified atom stereocenters. The first-order valence-electron chi connectivity index (χ1n) is 24.7. The molecule has 0 aromatic carbocycles. The van der Waals surface area contributed by atoms with Gasteiger partial charge in [0.1, 0.15) is 12.2 Å². The van der Waals surface area contributed by atoms with Gasteiger partial charge in [-0.25, -0.2) is 4.57 Å². The lowest BCUT2D eigenvalue weighted by Gasteiger charge is -2.20. The van der Waals surface area contributed by atoms with Gasteiger partial charge < -0.3 is 24.6 Å². The van der Waals surface area contributed by atoms with Gasteiger partial charge >= 0.3 is 13.8 Å². The maximum absolute atomic E-state index is 12.6. The standard InChI is InChI=1S/C48H95O9P/c1-3-5-7-9-11-13-15-17-18-19-20-21-22-23-24-25-26-27-29-31-33-35-37-39-41-54-44-47(45-56-58(52,53)55-43-46(50)42-49)57-48(51)40-38-36-34-32-30-28-16-14-12-10-8-6-4-2/h19-20,46-47,49-50H,3-18,21-45H2,1-2H3,(H,52,53)/b20-19-. The van der Waals surface area contributed by atoms with Gasteiger partial charge in [0.2, 0.25) is 0 Å². The second kappa shape index (κ2) is 45.7. The molecule has 0 aliphatic carbocycles. The molecule has 0 aromatic rings. The van der Waals surface area contributed by atoms with Gasteiger partial charge in [-0.15, -0.1) is 0 Å². The van der Waals surface area contributed by atoms with Crippen molar-refractivity contribution >= 4 is 13.8 Å². The third kappa shape index (κ3) is 44.7. The number of rotatable bonds is 48. The molecule has 0 aliphatic heterocycles. The fourth-order valence-corrected chi connectivity index (χ4v) is 7.97. The topological polar surface area (TPSA) is 132 Å². The molecule has 0 bridgehead atoms. The van der Waals surface area contributed by atoms with Crippen molar-refractivity contribution in [1.82, 2.24) is 0 Å². The first-order chi connectivity index (χ1) is 28.3. The molecule has 0 radical (unpaired) electrons. The number of aliphatic hydroxyl groups excluding tert-OH is 2. The lowest BCUT2D eigenvalue weighted by atomic mass is 10.0. The summed E-state index contributed by atoms with van der Waals surface area (Å²) in [4.78, 5) is 22.6. The summed E-state index contributed by atoms with van der Waals surface area (Å²) in [7, 11) is -4.51. The molecule has 9 nitrogen and oxygen atoms in total. The number of carbonyl (C=O) groups excluding carboxylic acids is 1. The fourth-order valence-electron chi connectivity index (χ4n) is 7.18. The molecular weight excluding hydrogens is 751 g/mol. The van der Waals surface area contributed by atoms with Gasteiger partial charge in [-0.3, -0.25) is 13.8 Å². The van der Waals surface area contributed by atoms with Crippen LogP contribution in [0.2, 0.25) is 0 Å². The quantitative estimate of drug-likeness (QED) is 0.0237. The normalized spacial score (nSPS) is 13.9. The molecule has 0 heterocycles. The summed E-state index contributed by atoms with van der Waals surface area (Å²) in [5, 5.41) is 18.4. The first-order valence-corrected chi connectivity index (χ1v) is 26.2. The van der Waals surface area contributed by atoms with Crippen LogP contribution in [0.3, 0.4) is 0 Å². The predicted molar refractivity (Wildman–Crippen MR) is 242 cm³/mol. The van der Waals surface area contributed by atoms with Gasteiger partial charge in [0.25, 0.3) is 0 Å². The number of ether oxygens (including phenoxy) is 2. The Bertz CT molecular complexity index is 918. The van der Waals surface area contributed by atoms with Gasteiger partial charge in [-0.2, -0.15) is 0 Å². The minimum atomic E-state index is -4.51. The van der Waals surface area contributed by atoms with Crippen LogP contribution in [-0.2, 0) is 27.9 Å². The summed E-state index contributed by atoms with van der Waals surface area (Å²) >= 11 is 0. The van der Waals surface area contributed by atoms with Crippen LogP contribution in [0.5, 0.6) is 0 Å². The number of allylic oxidation sites excluding steroid dienone is 2. The van der Waals surface area contributed by atoms with Crippen molar-refractivity contribution in [3.05, 3.63) is 12.2 Å². The Morgan fingerprint density at radius 3 is 1.29 bits per heavy atom. The van der Waals surface area contributed by atoms with Crippen LogP contribution >= 0.6 is 7.82 Å². The monoisotopic (exact) mass is 847 g/mol. The zero-order valence-electron chi connectivity index (χ0n) is 38.0. The number of phosphoric acid groups is 1. The van der Waals surface area contributed by atoms with E-state index >= 15 is 0 Å². The van der Waals surface area contributed by atoms with Crippen molar-refractivity contribution in [2.45, 2.75) is 257 Å². The molecule has 0 aromatic heterocycles. The third-order valence-corrected chi connectivity index (χ3v) is 11.9. The molecule has 58 heavy (non-hydrogen) atoms. The second-order valence-corrected chi connectivity index (χ2v) is 18.3. The Labute approximate surface area is 358 Å². The number of aliphatic hydroxyl groups is 2. The number of phosphoric ester groups is 1. The van der Waals surface area contributed by atoms with Crippen LogP contribution in [0.4, 0.5) is 0 Å². The van der Waals surface area contributed by atoms with Crippen molar-refractivity contribution in [1.29, 1.82) is 0 Å². The molecule has 10 heteroatoms. The van der Waals surface area contributed by atoms with Crippen LogP contribution in [-0.4, -0.2) is 66.3 Å². The highest BCUT2D eigenvalue weighted by Gasteiger charge is 2.26. The van der Waals surface area contributed by atoms with E-state index in [4.69, 9.17) is 23.6 Å². The fraction of sp³-hybridized carbons (Fsp3) is 0.938. The minimum Gasteiger partial charge on any atom is -0.457 e. The average molecular weight is 847 g/mol. The zero-order chi connectivity index (χ0) is 42.5. The zero-order valence-corrected chi connectivity index (χ0v) is 38.9. The van der Waals surface area contributed by atoms with E-state index in [0.717, 1.165) is 32.1 Å². The highest BCUT2D eigenvalue weighted by Crippen LogP contribution is 2.43. The van der Waals surface area contributed by atoms with Crippen LogP contribution in [0.1, 0.15) is 245 Å². The van der Waals surface area contributed by atoms with E-state index in [1.165, 1.54) is 193 Å². The number of esters is 1. The van der Waals surface area contributed by atoms with Crippen molar-refractivity contribution < 1.29 is 43.0 Å². The van der Waals surface area contributed by atoms with E-state index in [0.29, 0.717) is 6.61 Å². The Morgan fingerprint density at radius 1 is 0.517 bits per heavy atom. The molecule has 0 spiro atoms. The number of unbranched alkanes of at least 4 members (excludes halogenated alkanes) is 32. The lowest BCUT2D eigenvalue weighted by Crippen LogP contribution is -2.29. The Balaban J connectivity index is 3.99. The van der Waals surface area contributed by atoms with Crippen molar-refractivity contribution in [2.24, 2.45) is 0 Å². The SMILES string of the molecule is CCCCCCCCCC/C=C\CCCCCCCCCCCCCCOCC(COP(=O)(O)OCC(O)CO)OC(=O)CCCCCCCCCCCCCCC. The van der Waals surface area contributed by atoms with E-state index in [1.807, 2.05) is 0 Å². The molecule has 3 atom stereocenters. The van der Waals surface area contributed by atoms with Crippen LogP contribution in [0.15, 0.2) is 12.2 Å². The molecule has 0 saturated heterocycles. The number of hydrogen-bond acceptors (Lipinski definition) is 8. The largest absolute Gasteiger partial charge is 0.472 e. The van der Waals surface area contributed by atoms with Crippen LogP contribution in [0.25, 0.3) is 0 Å². The molecule has 0 amide bonds. The van der Waals surface area contributed by atoms with Crippen LogP contribution in [0, 0.1) is 0 Å². The van der Waals surface area contributed by atoms with Crippen LogP contribution < -0.4 is 0 Å². The minimum absolute atomic E-state index is 0.0552. The van der Waals surface area contributed by atoms with E-state index in [1.54, 1.807) is 0 Å². The summed E-state index contributed by atoms with van der Waals surface area (Å²) in [5.74, 6) is -0.378. The van der Waals surface area contributed by atoms with Gasteiger partial charge in [0, 0.05) is 13.0 Å². The second-order valence-electron chi connectivity index (χ2n) is 16.8. The number of carbonyl (C=O) groups is 1. The maximum Gasteiger partial charge on any atom is 0.472 e. The molecule has 0 fully saturated rings. The predicted octanol–water partition coefficient (Wildman–Crippen LogP) is 14.0. The molecule has 0 saturated carbocycles. The van der Waals surface area contributed by atoms with Gasteiger partial charge in [0.05, 0.1) is 26.4 Å². The van der Waals surface area contributed by atoms with E-state index < -0.39 is 33.2 Å². The molecule has 0 rings (SSSR count). The molecule has 346 valence electrons.